The van der Waals surface area contributed by atoms with E-state index in [1.165, 1.54) is 0 Å². The fraction of sp³-hybridized carbons (Fsp3) is 0.385. The van der Waals surface area contributed by atoms with Crippen LogP contribution in [0.25, 0.3) is 0 Å². The van der Waals surface area contributed by atoms with Crippen LogP contribution >= 0.6 is 0 Å². The van der Waals surface area contributed by atoms with Gasteiger partial charge in [0.25, 0.3) is 0 Å². The zero-order valence-corrected chi connectivity index (χ0v) is 10.1. The van der Waals surface area contributed by atoms with Gasteiger partial charge in [0.05, 0.1) is 6.54 Å². The van der Waals surface area contributed by atoms with Gasteiger partial charge in [0.2, 0.25) is 11.8 Å². The summed E-state index contributed by atoms with van der Waals surface area (Å²) >= 11 is 0. The lowest BCUT2D eigenvalue weighted by Crippen LogP contribution is -2.39. The van der Waals surface area contributed by atoms with E-state index in [9.17, 15) is 9.59 Å². The van der Waals surface area contributed by atoms with Crippen LogP contribution in [0.15, 0.2) is 30.3 Å². The summed E-state index contributed by atoms with van der Waals surface area (Å²) in [6, 6.07) is 9.82. The minimum atomic E-state index is -0.0572. The lowest BCUT2D eigenvalue weighted by molar-refractivity contribution is -0.121. The Balaban J connectivity index is 1.65. The first-order valence-electron chi connectivity index (χ1n) is 6.05. The predicted octanol–water partition coefficient (Wildman–Crippen LogP) is -0.219. The van der Waals surface area contributed by atoms with Crippen LogP contribution in [0.5, 0.6) is 0 Å². The molecule has 1 heterocycles. The number of amides is 2. The number of rotatable bonds is 5. The number of hydrogen-bond acceptors (Lipinski definition) is 3. The first kappa shape index (κ1) is 12.6. The Morgan fingerprint density at radius 1 is 1.33 bits per heavy atom. The van der Waals surface area contributed by atoms with Crippen LogP contribution in [0.4, 0.5) is 0 Å². The predicted molar refractivity (Wildman–Crippen MR) is 67.7 cm³/mol. The second-order valence-electron chi connectivity index (χ2n) is 4.35. The van der Waals surface area contributed by atoms with Crippen molar-refractivity contribution >= 4 is 11.8 Å². The third-order valence-electron chi connectivity index (χ3n) is 2.86. The molecule has 0 bridgehead atoms. The van der Waals surface area contributed by atoms with Gasteiger partial charge in [-0.25, -0.2) is 0 Å². The summed E-state index contributed by atoms with van der Waals surface area (Å²) in [6.45, 7) is 1.38. The molecule has 1 aromatic carbocycles. The highest BCUT2D eigenvalue weighted by atomic mass is 16.2. The Bertz CT molecular complexity index is 420. The Kier molecular flexibility index (Phi) is 4.30. The van der Waals surface area contributed by atoms with Gasteiger partial charge in [0.1, 0.15) is 0 Å². The molecule has 18 heavy (non-hydrogen) atoms. The molecule has 0 aromatic heterocycles. The zero-order valence-electron chi connectivity index (χ0n) is 10.1. The van der Waals surface area contributed by atoms with E-state index in [4.69, 9.17) is 0 Å². The molecule has 1 aromatic rings. The maximum Gasteiger partial charge on any atom is 0.234 e. The van der Waals surface area contributed by atoms with Crippen LogP contribution in [0.3, 0.4) is 0 Å². The van der Waals surface area contributed by atoms with Crippen LogP contribution in [0, 0.1) is 0 Å². The summed E-state index contributed by atoms with van der Waals surface area (Å²) < 4.78 is 0. The molecule has 3 N–H and O–H groups in total. The molecule has 1 aliphatic heterocycles. The highest BCUT2D eigenvalue weighted by Gasteiger charge is 2.21. The van der Waals surface area contributed by atoms with Gasteiger partial charge in [0, 0.05) is 25.6 Å². The fourth-order valence-electron chi connectivity index (χ4n) is 1.85. The first-order valence-corrected chi connectivity index (χ1v) is 6.05. The third-order valence-corrected chi connectivity index (χ3v) is 2.86. The molecular formula is C13H17N3O2. The van der Waals surface area contributed by atoms with Gasteiger partial charge in [-0.15, -0.1) is 0 Å². The molecule has 1 unspecified atom stereocenters. The molecule has 1 fully saturated rings. The van der Waals surface area contributed by atoms with Gasteiger partial charge in [-0.05, 0) is 5.56 Å². The maximum atomic E-state index is 11.6. The molecule has 0 spiro atoms. The Hall–Kier alpha value is -1.88. The molecule has 1 atom stereocenters. The molecule has 1 saturated heterocycles. The van der Waals surface area contributed by atoms with Crippen molar-refractivity contribution in [3.63, 3.8) is 0 Å². The summed E-state index contributed by atoms with van der Waals surface area (Å²) in [6.07, 6.45) is 0.450. The Morgan fingerprint density at radius 3 is 2.78 bits per heavy atom. The van der Waals surface area contributed by atoms with E-state index in [2.05, 4.69) is 16.0 Å². The Morgan fingerprint density at radius 2 is 2.11 bits per heavy atom. The molecule has 5 nitrogen and oxygen atoms in total. The van der Waals surface area contributed by atoms with Crippen LogP contribution in [-0.4, -0.2) is 30.9 Å². The average molecular weight is 247 g/mol. The summed E-state index contributed by atoms with van der Waals surface area (Å²) in [5.41, 5.74) is 1.07. The van der Waals surface area contributed by atoms with Crippen LogP contribution in [-0.2, 0) is 16.1 Å². The van der Waals surface area contributed by atoms with Crippen molar-refractivity contribution in [1.82, 2.24) is 16.0 Å². The van der Waals surface area contributed by atoms with E-state index in [1.54, 1.807) is 0 Å². The topological polar surface area (TPSA) is 70.2 Å². The second-order valence-corrected chi connectivity index (χ2v) is 4.35. The minimum Gasteiger partial charge on any atom is -0.354 e. The normalized spacial score (nSPS) is 18.4. The number of carbonyl (C=O) groups is 2. The monoisotopic (exact) mass is 247 g/mol. The van der Waals surface area contributed by atoms with Crippen molar-refractivity contribution in [3.05, 3.63) is 35.9 Å². The van der Waals surface area contributed by atoms with Gasteiger partial charge in [0.15, 0.2) is 0 Å². The maximum absolute atomic E-state index is 11.6. The molecule has 2 rings (SSSR count). The summed E-state index contributed by atoms with van der Waals surface area (Å²) in [5.74, 6) is -0.0182. The number of benzene rings is 1. The van der Waals surface area contributed by atoms with Crippen LogP contribution < -0.4 is 16.0 Å². The lowest BCUT2D eigenvalue weighted by atomic mass is 10.2. The second kappa shape index (κ2) is 6.16. The standard InChI is InChI=1S/C13H17N3O2/c17-12-6-11(8-16-12)14-9-13(18)15-7-10-4-2-1-3-5-10/h1-5,11,14H,6-9H2,(H,15,18)(H,16,17). The molecule has 0 saturated carbocycles. The number of carbonyl (C=O) groups excluding carboxylic acids is 2. The summed E-state index contributed by atoms with van der Waals surface area (Å²) in [5, 5.41) is 8.60. The van der Waals surface area contributed by atoms with E-state index in [0.29, 0.717) is 19.5 Å². The fourth-order valence-corrected chi connectivity index (χ4v) is 1.85. The smallest absolute Gasteiger partial charge is 0.234 e. The van der Waals surface area contributed by atoms with Crippen molar-refractivity contribution in [3.8, 4) is 0 Å². The van der Waals surface area contributed by atoms with Gasteiger partial charge in [-0.2, -0.15) is 0 Å². The SMILES string of the molecule is O=C(CNC1CNC(=O)C1)NCc1ccccc1. The highest BCUT2D eigenvalue weighted by Crippen LogP contribution is 1.99. The molecule has 5 heteroatoms. The van der Waals surface area contributed by atoms with Crippen molar-refractivity contribution in [2.75, 3.05) is 13.1 Å². The quantitative estimate of drug-likeness (QED) is 0.674. The number of nitrogens with one attached hydrogen (secondary N) is 3. The molecular weight excluding hydrogens is 230 g/mol. The van der Waals surface area contributed by atoms with Crippen molar-refractivity contribution < 1.29 is 9.59 Å². The molecule has 0 radical (unpaired) electrons. The van der Waals surface area contributed by atoms with Crippen molar-refractivity contribution in [2.45, 2.75) is 19.0 Å². The van der Waals surface area contributed by atoms with Gasteiger partial charge >= 0.3 is 0 Å². The molecule has 1 aliphatic rings. The van der Waals surface area contributed by atoms with E-state index >= 15 is 0 Å². The van der Waals surface area contributed by atoms with Gasteiger partial charge < -0.3 is 16.0 Å². The van der Waals surface area contributed by atoms with Crippen LogP contribution in [0.1, 0.15) is 12.0 Å². The third kappa shape index (κ3) is 3.85. The largest absolute Gasteiger partial charge is 0.354 e. The summed E-state index contributed by atoms with van der Waals surface area (Å²) in [7, 11) is 0. The van der Waals surface area contributed by atoms with Crippen molar-refractivity contribution in [2.24, 2.45) is 0 Å². The van der Waals surface area contributed by atoms with Gasteiger partial charge in [-0.1, -0.05) is 30.3 Å². The number of hydrogen-bond donors (Lipinski definition) is 3. The van der Waals surface area contributed by atoms with E-state index < -0.39 is 0 Å². The van der Waals surface area contributed by atoms with Crippen molar-refractivity contribution in [1.29, 1.82) is 0 Å². The van der Waals surface area contributed by atoms with Crippen LogP contribution in [0.2, 0.25) is 0 Å². The first-order chi connectivity index (χ1) is 8.74. The highest BCUT2D eigenvalue weighted by molar-refractivity contribution is 5.80. The van der Waals surface area contributed by atoms with Gasteiger partial charge in [-0.3, -0.25) is 9.59 Å². The minimum absolute atomic E-state index is 0.0391. The molecule has 2 amide bonds. The van der Waals surface area contributed by atoms with E-state index in [0.717, 1.165) is 5.56 Å². The summed E-state index contributed by atoms with van der Waals surface area (Å²) in [4.78, 5) is 22.5. The van der Waals surface area contributed by atoms with E-state index in [1.807, 2.05) is 30.3 Å². The Labute approximate surface area is 106 Å². The van der Waals surface area contributed by atoms with E-state index in [-0.39, 0.29) is 24.4 Å². The lowest BCUT2D eigenvalue weighted by Gasteiger charge is -2.10. The zero-order chi connectivity index (χ0) is 12.8. The average Bonchev–Trinajstić information content (AvgIpc) is 2.81. The molecule has 0 aliphatic carbocycles. The molecule has 96 valence electrons.